The standard InChI is InChI=1S/C19H24N2O2/c1-22-19-8-7-18(23-17-5-3-2-4-6-17)15-16(19)9-12-21-13-10-20-11-14-21/h2-8,15,20H,9-14H2,1H3. The molecule has 0 unspecified atom stereocenters. The number of hydrogen-bond acceptors (Lipinski definition) is 4. The highest BCUT2D eigenvalue weighted by Crippen LogP contribution is 2.28. The number of benzene rings is 2. The highest BCUT2D eigenvalue weighted by atomic mass is 16.5. The van der Waals surface area contributed by atoms with E-state index in [1.807, 2.05) is 42.5 Å². The Morgan fingerprint density at radius 1 is 1.00 bits per heavy atom. The van der Waals surface area contributed by atoms with Crippen LogP contribution in [-0.4, -0.2) is 44.7 Å². The second-order valence-corrected chi connectivity index (χ2v) is 5.73. The molecule has 0 atom stereocenters. The normalized spacial score (nSPS) is 15.3. The van der Waals surface area contributed by atoms with Gasteiger partial charge >= 0.3 is 0 Å². The van der Waals surface area contributed by atoms with Crippen LogP contribution in [0.3, 0.4) is 0 Å². The van der Waals surface area contributed by atoms with Crippen LogP contribution >= 0.6 is 0 Å². The molecule has 1 aliphatic rings. The van der Waals surface area contributed by atoms with E-state index in [1.165, 1.54) is 5.56 Å². The molecule has 3 rings (SSSR count). The van der Waals surface area contributed by atoms with Crippen molar-refractivity contribution in [2.75, 3.05) is 39.8 Å². The molecule has 0 bridgehead atoms. The van der Waals surface area contributed by atoms with Crippen LogP contribution in [0.4, 0.5) is 0 Å². The monoisotopic (exact) mass is 312 g/mol. The maximum Gasteiger partial charge on any atom is 0.127 e. The largest absolute Gasteiger partial charge is 0.496 e. The maximum atomic E-state index is 5.93. The van der Waals surface area contributed by atoms with Gasteiger partial charge in [0.2, 0.25) is 0 Å². The zero-order valence-electron chi connectivity index (χ0n) is 13.6. The number of para-hydroxylation sites is 1. The summed E-state index contributed by atoms with van der Waals surface area (Å²) in [5.74, 6) is 2.64. The molecule has 4 heteroatoms. The third-order valence-electron chi connectivity index (χ3n) is 4.14. The van der Waals surface area contributed by atoms with Gasteiger partial charge in [0.15, 0.2) is 0 Å². The van der Waals surface area contributed by atoms with Gasteiger partial charge in [-0.2, -0.15) is 0 Å². The molecule has 0 radical (unpaired) electrons. The quantitative estimate of drug-likeness (QED) is 0.889. The number of nitrogens with one attached hydrogen (secondary N) is 1. The van der Waals surface area contributed by atoms with E-state index >= 15 is 0 Å². The van der Waals surface area contributed by atoms with Crippen molar-refractivity contribution in [3.8, 4) is 17.2 Å². The van der Waals surface area contributed by atoms with Crippen LogP contribution in [-0.2, 0) is 6.42 Å². The first-order valence-electron chi connectivity index (χ1n) is 8.18. The molecule has 1 saturated heterocycles. The summed E-state index contributed by atoms with van der Waals surface area (Å²) in [4.78, 5) is 2.49. The zero-order valence-corrected chi connectivity index (χ0v) is 13.6. The van der Waals surface area contributed by atoms with Crippen molar-refractivity contribution in [2.45, 2.75) is 6.42 Å². The Hall–Kier alpha value is -2.04. The van der Waals surface area contributed by atoms with Crippen molar-refractivity contribution < 1.29 is 9.47 Å². The van der Waals surface area contributed by atoms with Gasteiger partial charge in [-0.05, 0) is 42.3 Å². The number of hydrogen-bond donors (Lipinski definition) is 1. The van der Waals surface area contributed by atoms with Crippen molar-refractivity contribution in [1.29, 1.82) is 0 Å². The maximum absolute atomic E-state index is 5.93. The summed E-state index contributed by atoms with van der Waals surface area (Å²) in [6.45, 7) is 5.43. The second-order valence-electron chi connectivity index (χ2n) is 5.73. The molecule has 0 saturated carbocycles. The van der Waals surface area contributed by atoms with Gasteiger partial charge in [0, 0.05) is 32.7 Å². The van der Waals surface area contributed by atoms with Gasteiger partial charge in [0.25, 0.3) is 0 Å². The Bertz CT molecular complexity index is 610. The first kappa shape index (κ1) is 15.8. The first-order valence-corrected chi connectivity index (χ1v) is 8.18. The molecule has 0 aromatic heterocycles. The molecule has 1 heterocycles. The van der Waals surface area contributed by atoms with Gasteiger partial charge in [0.05, 0.1) is 7.11 Å². The molecular formula is C19H24N2O2. The highest BCUT2D eigenvalue weighted by molar-refractivity contribution is 5.42. The number of nitrogens with zero attached hydrogens (tertiary/aromatic N) is 1. The number of rotatable bonds is 6. The first-order chi connectivity index (χ1) is 11.3. The summed E-state index contributed by atoms with van der Waals surface area (Å²) in [5.41, 5.74) is 1.19. The fourth-order valence-corrected chi connectivity index (χ4v) is 2.85. The lowest BCUT2D eigenvalue weighted by atomic mass is 10.1. The SMILES string of the molecule is COc1ccc(Oc2ccccc2)cc1CCN1CCNCC1. The minimum absolute atomic E-state index is 0.853. The number of ether oxygens (including phenoxy) is 2. The van der Waals surface area contributed by atoms with Crippen LogP contribution in [0.1, 0.15) is 5.56 Å². The Morgan fingerprint density at radius 2 is 1.78 bits per heavy atom. The smallest absolute Gasteiger partial charge is 0.127 e. The predicted molar refractivity (Wildman–Crippen MR) is 92.5 cm³/mol. The summed E-state index contributed by atoms with van der Waals surface area (Å²) >= 11 is 0. The molecule has 1 N–H and O–H groups in total. The van der Waals surface area contributed by atoms with Crippen molar-refractivity contribution in [3.63, 3.8) is 0 Å². The summed E-state index contributed by atoms with van der Waals surface area (Å²) in [5, 5.41) is 3.39. The summed E-state index contributed by atoms with van der Waals surface area (Å²) in [6.07, 6.45) is 0.967. The van der Waals surface area contributed by atoms with E-state index < -0.39 is 0 Å². The van der Waals surface area contributed by atoms with Crippen LogP contribution in [0.25, 0.3) is 0 Å². The van der Waals surface area contributed by atoms with Gasteiger partial charge in [-0.3, -0.25) is 0 Å². The van der Waals surface area contributed by atoms with E-state index in [0.717, 1.165) is 56.4 Å². The van der Waals surface area contributed by atoms with E-state index in [9.17, 15) is 0 Å². The lowest BCUT2D eigenvalue weighted by Gasteiger charge is -2.27. The average molecular weight is 312 g/mol. The Kier molecular flexibility index (Phi) is 5.51. The van der Waals surface area contributed by atoms with E-state index in [2.05, 4.69) is 16.3 Å². The molecule has 1 aliphatic heterocycles. The molecule has 2 aromatic carbocycles. The minimum Gasteiger partial charge on any atom is -0.496 e. The lowest BCUT2D eigenvalue weighted by Crippen LogP contribution is -2.44. The molecule has 2 aromatic rings. The molecule has 0 amide bonds. The summed E-state index contributed by atoms with van der Waals surface area (Å²) in [6, 6.07) is 15.9. The van der Waals surface area contributed by atoms with Crippen molar-refractivity contribution >= 4 is 0 Å². The van der Waals surface area contributed by atoms with Crippen molar-refractivity contribution in [3.05, 3.63) is 54.1 Å². The van der Waals surface area contributed by atoms with Crippen LogP contribution < -0.4 is 14.8 Å². The average Bonchev–Trinajstić information content (AvgIpc) is 2.62. The lowest BCUT2D eigenvalue weighted by molar-refractivity contribution is 0.243. The number of piperazine rings is 1. The zero-order chi connectivity index (χ0) is 15.9. The fourth-order valence-electron chi connectivity index (χ4n) is 2.85. The van der Waals surface area contributed by atoms with E-state index in [1.54, 1.807) is 7.11 Å². The van der Waals surface area contributed by atoms with Crippen LogP contribution in [0.5, 0.6) is 17.2 Å². The third-order valence-corrected chi connectivity index (χ3v) is 4.14. The topological polar surface area (TPSA) is 33.7 Å². The van der Waals surface area contributed by atoms with Crippen molar-refractivity contribution in [1.82, 2.24) is 10.2 Å². The van der Waals surface area contributed by atoms with Crippen LogP contribution in [0.15, 0.2) is 48.5 Å². The fraction of sp³-hybridized carbons (Fsp3) is 0.368. The summed E-state index contributed by atoms with van der Waals surface area (Å²) < 4.78 is 11.4. The minimum atomic E-state index is 0.853. The third kappa shape index (κ3) is 4.47. The molecule has 0 aliphatic carbocycles. The molecule has 0 spiro atoms. The molecule has 4 nitrogen and oxygen atoms in total. The number of methoxy groups -OCH3 is 1. The summed E-state index contributed by atoms with van der Waals surface area (Å²) in [7, 11) is 1.72. The van der Waals surface area contributed by atoms with Gasteiger partial charge in [0.1, 0.15) is 17.2 Å². The molecule has 1 fully saturated rings. The molecule has 122 valence electrons. The van der Waals surface area contributed by atoms with E-state index in [4.69, 9.17) is 9.47 Å². The van der Waals surface area contributed by atoms with Gasteiger partial charge in [-0.25, -0.2) is 0 Å². The predicted octanol–water partition coefficient (Wildman–Crippen LogP) is 2.94. The van der Waals surface area contributed by atoms with Gasteiger partial charge in [-0.15, -0.1) is 0 Å². The molecule has 23 heavy (non-hydrogen) atoms. The Balaban J connectivity index is 1.68. The molecular weight excluding hydrogens is 288 g/mol. The Labute approximate surface area is 138 Å². The highest BCUT2D eigenvalue weighted by Gasteiger charge is 2.12. The second kappa shape index (κ2) is 7.99. The van der Waals surface area contributed by atoms with Crippen LogP contribution in [0, 0.1) is 0 Å². The van der Waals surface area contributed by atoms with E-state index in [-0.39, 0.29) is 0 Å². The Morgan fingerprint density at radius 3 is 2.52 bits per heavy atom. The van der Waals surface area contributed by atoms with Gasteiger partial charge in [-0.1, -0.05) is 18.2 Å². The van der Waals surface area contributed by atoms with Crippen molar-refractivity contribution in [2.24, 2.45) is 0 Å². The van der Waals surface area contributed by atoms with E-state index in [0.29, 0.717) is 0 Å². The van der Waals surface area contributed by atoms with Crippen LogP contribution in [0.2, 0.25) is 0 Å². The van der Waals surface area contributed by atoms with Gasteiger partial charge < -0.3 is 19.7 Å².